The molecular weight excluding hydrogens is 602 g/mol. The molecule has 0 radical (unpaired) electrons. The van der Waals surface area contributed by atoms with Gasteiger partial charge in [0.15, 0.2) is 11.5 Å². The summed E-state index contributed by atoms with van der Waals surface area (Å²) in [6, 6.07) is 14.9. The lowest BCUT2D eigenvalue weighted by Gasteiger charge is -2.32. The summed E-state index contributed by atoms with van der Waals surface area (Å²) in [5, 5.41) is 2.82. The number of carbonyl (C=O) groups excluding carboxylic acids is 2. The number of sulfonamides is 1. The van der Waals surface area contributed by atoms with Gasteiger partial charge in [0.1, 0.15) is 29.8 Å². The second-order valence-corrected chi connectivity index (χ2v) is 11.8. The number of anilines is 1. The van der Waals surface area contributed by atoms with Crippen molar-refractivity contribution in [3.8, 4) is 28.7 Å². The van der Waals surface area contributed by atoms with Crippen LogP contribution in [-0.4, -0.2) is 79.8 Å². The molecule has 0 saturated heterocycles. The summed E-state index contributed by atoms with van der Waals surface area (Å²) in [6.07, 6.45) is 0.704. The molecule has 0 aliphatic heterocycles. The third kappa shape index (κ3) is 8.29. The molecule has 12 nitrogen and oxygen atoms in total. The van der Waals surface area contributed by atoms with Crippen molar-refractivity contribution in [3.63, 3.8) is 0 Å². The van der Waals surface area contributed by atoms with Crippen LogP contribution < -0.4 is 33.3 Å². The average molecular weight is 644 g/mol. The molecule has 3 aromatic rings. The molecule has 0 fully saturated rings. The van der Waals surface area contributed by atoms with Gasteiger partial charge in [-0.25, -0.2) is 8.42 Å². The van der Waals surface area contributed by atoms with Crippen LogP contribution in [0, 0.1) is 0 Å². The number of rotatable bonds is 16. The van der Waals surface area contributed by atoms with Gasteiger partial charge >= 0.3 is 0 Å². The molecule has 0 heterocycles. The predicted molar refractivity (Wildman–Crippen MR) is 170 cm³/mol. The van der Waals surface area contributed by atoms with Gasteiger partial charge in [-0.2, -0.15) is 0 Å². The van der Waals surface area contributed by atoms with E-state index in [9.17, 15) is 18.0 Å². The Morgan fingerprint density at radius 3 is 2.07 bits per heavy atom. The lowest BCUT2D eigenvalue weighted by molar-refractivity contribution is -0.139. The van der Waals surface area contributed by atoms with Crippen molar-refractivity contribution in [2.75, 3.05) is 52.9 Å². The minimum Gasteiger partial charge on any atom is -0.497 e. The molecule has 0 spiro atoms. The molecule has 0 aliphatic carbocycles. The van der Waals surface area contributed by atoms with Gasteiger partial charge in [0.05, 0.1) is 46.1 Å². The Morgan fingerprint density at radius 1 is 0.800 bits per heavy atom. The van der Waals surface area contributed by atoms with Gasteiger partial charge in [0.2, 0.25) is 11.8 Å². The number of carbonyl (C=O) groups is 2. The summed E-state index contributed by atoms with van der Waals surface area (Å²) in [7, 11) is 2.74. The molecule has 13 heteroatoms. The molecule has 2 amide bonds. The fraction of sp³-hybridized carbons (Fsp3) is 0.375. The Hall–Kier alpha value is -4.65. The second kappa shape index (κ2) is 15.9. The Balaban J connectivity index is 2.17. The van der Waals surface area contributed by atoms with E-state index in [1.807, 2.05) is 6.92 Å². The molecule has 3 rings (SSSR count). The number of methoxy groups -OCH3 is 5. The van der Waals surface area contributed by atoms with Crippen molar-refractivity contribution in [3.05, 3.63) is 66.2 Å². The van der Waals surface area contributed by atoms with Gasteiger partial charge in [-0.15, -0.1) is 0 Å². The molecule has 244 valence electrons. The van der Waals surface area contributed by atoms with Crippen molar-refractivity contribution in [2.24, 2.45) is 0 Å². The van der Waals surface area contributed by atoms with Crippen LogP contribution in [-0.2, 0) is 26.2 Å². The lowest BCUT2D eigenvalue weighted by Crippen LogP contribution is -2.51. The highest BCUT2D eigenvalue weighted by molar-refractivity contribution is 7.92. The van der Waals surface area contributed by atoms with E-state index in [1.54, 1.807) is 43.3 Å². The first-order chi connectivity index (χ1) is 21.5. The van der Waals surface area contributed by atoms with Crippen LogP contribution in [0.25, 0.3) is 0 Å². The summed E-state index contributed by atoms with van der Waals surface area (Å²) in [4.78, 5) is 28.6. The fourth-order valence-corrected chi connectivity index (χ4v) is 5.99. The van der Waals surface area contributed by atoms with Crippen molar-refractivity contribution in [1.29, 1.82) is 0 Å². The van der Waals surface area contributed by atoms with Gasteiger partial charge in [0, 0.05) is 25.2 Å². The molecule has 3 aromatic carbocycles. The number of nitrogens with zero attached hydrogens (tertiary/aromatic N) is 2. The first-order valence-electron chi connectivity index (χ1n) is 14.2. The van der Waals surface area contributed by atoms with Crippen molar-refractivity contribution >= 4 is 27.5 Å². The highest BCUT2D eigenvalue weighted by Crippen LogP contribution is 2.37. The zero-order valence-corrected chi connectivity index (χ0v) is 27.5. The van der Waals surface area contributed by atoms with Crippen LogP contribution in [0.15, 0.2) is 65.6 Å². The maximum Gasteiger partial charge on any atom is 0.265 e. The first-order valence-corrected chi connectivity index (χ1v) is 15.6. The summed E-state index contributed by atoms with van der Waals surface area (Å²) < 4.78 is 56.6. The van der Waals surface area contributed by atoms with Crippen LogP contribution in [0.5, 0.6) is 28.7 Å². The number of ether oxygens (including phenoxy) is 5. The highest BCUT2D eigenvalue weighted by atomic mass is 32.2. The Bertz CT molecular complexity index is 1580. The SMILES string of the molecule is CCCNC(=O)C(C)N(Cc1cccc(OC)c1)C(=O)CN(c1cc(OC)ccc1OC)S(=O)(=O)c1ccc(OC)c(OC)c1. The molecule has 1 atom stereocenters. The lowest BCUT2D eigenvalue weighted by atomic mass is 10.1. The van der Waals surface area contributed by atoms with Crippen LogP contribution >= 0.6 is 0 Å². The molecule has 0 saturated carbocycles. The van der Waals surface area contributed by atoms with E-state index in [4.69, 9.17) is 23.7 Å². The van der Waals surface area contributed by atoms with E-state index < -0.39 is 28.5 Å². The maximum atomic E-state index is 14.4. The quantitative estimate of drug-likeness (QED) is 0.247. The van der Waals surface area contributed by atoms with E-state index in [0.29, 0.717) is 35.8 Å². The van der Waals surface area contributed by atoms with Gasteiger partial charge in [0.25, 0.3) is 10.0 Å². The molecule has 0 bridgehead atoms. The fourth-order valence-electron chi connectivity index (χ4n) is 4.56. The number of amides is 2. The monoisotopic (exact) mass is 643 g/mol. The third-order valence-corrected chi connectivity index (χ3v) is 8.84. The van der Waals surface area contributed by atoms with Gasteiger partial charge in [-0.05, 0) is 55.3 Å². The molecular formula is C32H41N3O9S. The van der Waals surface area contributed by atoms with E-state index in [2.05, 4.69) is 5.32 Å². The number of hydrogen-bond acceptors (Lipinski definition) is 9. The Labute approximate surface area is 264 Å². The third-order valence-electron chi connectivity index (χ3n) is 7.08. The minimum absolute atomic E-state index is 0.0102. The van der Waals surface area contributed by atoms with E-state index >= 15 is 0 Å². The molecule has 0 aromatic heterocycles. The molecule has 45 heavy (non-hydrogen) atoms. The van der Waals surface area contributed by atoms with Gasteiger partial charge < -0.3 is 33.9 Å². The predicted octanol–water partition coefficient (Wildman–Crippen LogP) is 3.87. The van der Waals surface area contributed by atoms with Gasteiger partial charge in [-0.3, -0.25) is 13.9 Å². The smallest absolute Gasteiger partial charge is 0.265 e. The summed E-state index contributed by atoms with van der Waals surface area (Å²) in [5.41, 5.74) is 0.746. The van der Waals surface area contributed by atoms with Crippen molar-refractivity contribution < 1.29 is 41.7 Å². The zero-order chi connectivity index (χ0) is 33.1. The average Bonchev–Trinajstić information content (AvgIpc) is 3.07. The normalized spacial score (nSPS) is 11.6. The highest BCUT2D eigenvalue weighted by Gasteiger charge is 2.34. The maximum absolute atomic E-state index is 14.4. The topological polar surface area (TPSA) is 133 Å². The standard InChI is InChI=1S/C32H41N3O9S/c1-8-16-33-32(37)22(2)34(20-23-10-9-11-24(17-23)40-3)31(36)21-35(27-18-25(41-4)12-14-28(27)42-5)45(38,39)26-13-15-29(43-6)30(19-26)44-7/h9-15,17-19,22H,8,16,20-21H2,1-7H3,(H,33,37). The number of benzene rings is 3. The second-order valence-electron chi connectivity index (χ2n) is 9.91. The summed E-state index contributed by atoms with van der Waals surface area (Å²) in [6.45, 7) is 3.28. The molecule has 1 N–H and O–H groups in total. The number of nitrogens with one attached hydrogen (secondary N) is 1. The summed E-state index contributed by atoms with van der Waals surface area (Å²) in [5.74, 6) is 0.596. The number of hydrogen-bond donors (Lipinski definition) is 1. The van der Waals surface area contributed by atoms with Crippen LogP contribution in [0.2, 0.25) is 0 Å². The van der Waals surface area contributed by atoms with E-state index in [1.165, 1.54) is 64.7 Å². The largest absolute Gasteiger partial charge is 0.497 e. The van der Waals surface area contributed by atoms with E-state index in [-0.39, 0.29) is 34.5 Å². The van der Waals surface area contributed by atoms with Crippen molar-refractivity contribution in [2.45, 2.75) is 37.8 Å². The first kappa shape index (κ1) is 34.8. The molecule has 1 unspecified atom stereocenters. The van der Waals surface area contributed by atoms with Crippen LogP contribution in [0.1, 0.15) is 25.8 Å². The Kier molecular flexibility index (Phi) is 12.3. The summed E-state index contributed by atoms with van der Waals surface area (Å²) >= 11 is 0. The molecule has 0 aliphatic rings. The Morgan fingerprint density at radius 2 is 1.44 bits per heavy atom. The van der Waals surface area contributed by atoms with Crippen LogP contribution in [0.3, 0.4) is 0 Å². The van der Waals surface area contributed by atoms with Gasteiger partial charge in [-0.1, -0.05) is 19.1 Å². The van der Waals surface area contributed by atoms with Crippen molar-refractivity contribution in [1.82, 2.24) is 10.2 Å². The van der Waals surface area contributed by atoms with Crippen LogP contribution in [0.4, 0.5) is 5.69 Å². The minimum atomic E-state index is -4.45. The van der Waals surface area contributed by atoms with E-state index in [0.717, 1.165) is 4.31 Å². The zero-order valence-electron chi connectivity index (χ0n) is 26.7.